The van der Waals surface area contributed by atoms with Gasteiger partial charge in [0.2, 0.25) is 15.9 Å². The van der Waals surface area contributed by atoms with Crippen molar-refractivity contribution in [3.63, 3.8) is 0 Å². The molecule has 0 aromatic heterocycles. The van der Waals surface area contributed by atoms with Gasteiger partial charge in [0, 0.05) is 5.69 Å². The van der Waals surface area contributed by atoms with Gasteiger partial charge in [-0.1, -0.05) is 12.1 Å². The van der Waals surface area contributed by atoms with Crippen molar-refractivity contribution < 1.29 is 17.9 Å². The second-order valence-corrected chi connectivity index (χ2v) is 7.94. The van der Waals surface area contributed by atoms with Crippen molar-refractivity contribution in [1.29, 1.82) is 0 Å². The molecule has 0 saturated heterocycles. The highest BCUT2D eigenvalue weighted by atomic mass is 32.2. The largest absolute Gasteiger partial charge is 0.496 e. The lowest BCUT2D eigenvalue weighted by molar-refractivity contribution is -0.115. The van der Waals surface area contributed by atoms with Crippen LogP contribution in [0.15, 0.2) is 35.2 Å². The van der Waals surface area contributed by atoms with Gasteiger partial charge in [0.15, 0.2) is 0 Å². The number of carbonyl (C=O) groups is 1. The van der Waals surface area contributed by atoms with Gasteiger partial charge in [-0.3, -0.25) is 4.79 Å². The summed E-state index contributed by atoms with van der Waals surface area (Å²) < 4.78 is 32.7. The van der Waals surface area contributed by atoms with Crippen molar-refractivity contribution in [3.05, 3.63) is 52.6 Å². The molecule has 0 bridgehead atoms. The van der Waals surface area contributed by atoms with Crippen LogP contribution in [-0.4, -0.2) is 28.0 Å². The quantitative estimate of drug-likeness (QED) is 0.812. The fraction of sp³-hybridized carbons (Fsp3) is 0.316. The third-order valence-electron chi connectivity index (χ3n) is 4.28. The van der Waals surface area contributed by atoms with E-state index in [1.807, 2.05) is 26.0 Å². The van der Waals surface area contributed by atoms with Gasteiger partial charge in [0.05, 0.1) is 18.6 Å². The van der Waals surface area contributed by atoms with E-state index in [-0.39, 0.29) is 11.4 Å². The molecule has 0 aliphatic heterocycles. The number of anilines is 1. The minimum atomic E-state index is -3.81. The minimum Gasteiger partial charge on any atom is -0.496 e. The zero-order valence-corrected chi connectivity index (χ0v) is 16.5. The molecule has 0 fully saturated rings. The van der Waals surface area contributed by atoms with Gasteiger partial charge in [-0.05, 0) is 68.1 Å². The average molecular weight is 376 g/mol. The van der Waals surface area contributed by atoms with Crippen LogP contribution < -0.4 is 14.8 Å². The van der Waals surface area contributed by atoms with Crippen molar-refractivity contribution >= 4 is 21.6 Å². The molecule has 0 unspecified atom stereocenters. The van der Waals surface area contributed by atoms with Gasteiger partial charge in [0.1, 0.15) is 5.75 Å². The Balaban J connectivity index is 2.12. The van der Waals surface area contributed by atoms with Gasteiger partial charge in [-0.25, -0.2) is 13.1 Å². The minimum absolute atomic E-state index is 0.135. The third-order valence-corrected chi connectivity index (χ3v) is 5.83. The summed E-state index contributed by atoms with van der Waals surface area (Å²) in [6.07, 6.45) is 0. The van der Waals surface area contributed by atoms with Gasteiger partial charge in [-0.2, -0.15) is 0 Å². The molecule has 26 heavy (non-hydrogen) atoms. The molecule has 6 nitrogen and oxygen atoms in total. The van der Waals surface area contributed by atoms with E-state index in [1.165, 1.54) is 7.11 Å². The predicted octanol–water partition coefficient (Wildman–Crippen LogP) is 2.85. The highest BCUT2D eigenvalue weighted by Gasteiger charge is 2.20. The number of methoxy groups -OCH3 is 1. The first kappa shape index (κ1) is 19.9. The maximum Gasteiger partial charge on any atom is 0.241 e. The number of hydrogen-bond donors (Lipinski definition) is 2. The summed E-state index contributed by atoms with van der Waals surface area (Å²) in [5.74, 6) is 0.194. The van der Waals surface area contributed by atoms with Crippen LogP contribution in [0, 0.1) is 27.7 Å². The number of aryl methyl sites for hydroxylation is 3. The van der Waals surface area contributed by atoms with E-state index in [9.17, 15) is 13.2 Å². The molecule has 0 aliphatic carbocycles. The van der Waals surface area contributed by atoms with Gasteiger partial charge in [0.25, 0.3) is 0 Å². The lowest BCUT2D eigenvalue weighted by Gasteiger charge is -2.13. The maximum absolute atomic E-state index is 12.6. The summed E-state index contributed by atoms with van der Waals surface area (Å²) in [7, 11) is -2.28. The predicted molar refractivity (Wildman–Crippen MR) is 102 cm³/mol. The average Bonchev–Trinajstić information content (AvgIpc) is 2.59. The molecule has 2 rings (SSSR count). The van der Waals surface area contributed by atoms with Crippen LogP contribution in [0.5, 0.6) is 5.75 Å². The van der Waals surface area contributed by atoms with Crippen LogP contribution in [0.4, 0.5) is 5.69 Å². The number of nitrogens with one attached hydrogen (secondary N) is 2. The van der Waals surface area contributed by atoms with Crippen molar-refractivity contribution in [2.75, 3.05) is 19.0 Å². The van der Waals surface area contributed by atoms with Crippen LogP contribution in [0.25, 0.3) is 0 Å². The Bertz CT molecular complexity index is 937. The standard InChI is InChI=1S/C19H24N2O4S/c1-12-7-6-8-16(15(12)4)21-19(22)11-20-26(23,24)18-10-13(2)17(25-5)9-14(18)3/h6-10,20H,11H2,1-5H3,(H,21,22). The molecular formula is C19H24N2O4S. The Morgan fingerprint density at radius 2 is 1.73 bits per heavy atom. The molecule has 0 spiro atoms. The first-order valence-electron chi connectivity index (χ1n) is 8.16. The summed E-state index contributed by atoms with van der Waals surface area (Å²) in [4.78, 5) is 12.3. The lowest BCUT2D eigenvalue weighted by atomic mass is 10.1. The fourth-order valence-corrected chi connectivity index (χ4v) is 3.88. The maximum atomic E-state index is 12.6. The SMILES string of the molecule is COc1cc(C)c(S(=O)(=O)NCC(=O)Nc2cccc(C)c2C)cc1C. The number of ether oxygens (including phenoxy) is 1. The highest BCUT2D eigenvalue weighted by Crippen LogP contribution is 2.25. The molecule has 1 amide bonds. The lowest BCUT2D eigenvalue weighted by Crippen LogP contribution is -2.33. The van der Waals surface area contributed by atoms with E-state index >= 15 is 0 Å². The second kappa shape index (κ2) is 7.88. The zero-order valence-electron chi connectivity index (χ0n) is 15.6. The normalized spacial score (nSPS) is 11.3. The van der Waals surface area contributed by atoms with Crippen LogP contribution in [0.1, 0.15) is 22.3 Å². The Morgan fingerprint density at radius 1 is 1.04 bits per heavy atom. The van der Waals surface area contributed by atoms with E-state index in [1.54, 1.807) is 32.0 Å². The Labute approximate surface area is 154 Å². The molecule has 7 heteroatoms. The van der Waals surface area contributed by atoms with Crippen molar-refractivity contribution in [2.24, 2.45) is 0 Å². The molecule has 0 atom stereocenters. The third kappa shape index (κ3) is 4.42. The Hall–Kier alpha value is -2.38. The van der Waals surface area contributed by atoms with Crippen molar-refractivity contribution in [2.45, 2.75) is 32.6 Å². The Kier molecular flexibility index (Phi) is 6.05. The van der Waals surface area contributed by atoms with E-state index in [0.717, 1.165) is 11.1 Å². The number of carbonyl (C=O) groups excluding carboxylic acids is 1. The summed E-state index contributed by atoms with van der Waals surface area (Å²) in [6.45, 7) is 6.96. The molecule has 2 N–H and O–H groups in total. The number of amides is 1. The van der Waals surface area contributed by atoms with Crippen molar-refractivity contribution in [1.82, 2.24) is 4.72 Å². The van der Waals surface area contributed by atoms with Crippen molar-refractivity contribution in [3.8, 4) is 5.75 Å². The van der Waals surface area contributed by atoms with Crippen LogP contribution >= 0.6 is 0 Å². The summed E-state index contributed by atoms with van der Waals surface area (Å²) >= 11 is 0. The second-order valence-electron chi connectivity index (χ2n) is 6.21. The van der Waals surface area contributed by atoms with E-state index in [0.29, 0.717) is 22.6 Å². The number of rotatable bonds is 6. The zero-order chi connectivity index (χ0) is 19.5. The van der Waals surface area contributed by atoms with Gasteiger partial charge in [-0.15, -0.1) is 0 Å². The van der Waals surface area contributed by atoms with Gasteiger partial charge >= 0.3 is 0 Å². The number of sulfonamides is 1. The van der Waals surface area contributed by atoms with E-state index in [2.05, 4.69) is 10.0 Å². The van der Waals surface area contributed by atoms with Gasteiger partial charge < -0.3 is 10.1 Å². The van der Waals surface area contributed by atoms with Crippen LogP contribution in [0.2, 0.25) is 0 Å². The summed E-state index contributed by atoms with van der Waals surface area (Å²) in [5.41, 5.74) is 3.93. The molecule has 0 saturated carbocycles. The van der Waals surface area contributed by atoms with Crippen LogP contribution in [0.3, 0.4) is 0 Å². The summed E-state index contributed by atoms with van der Waals surface area (Å²) in [5, 5.41) is 2.73. The highest BCUT2D eigenvalue weighted by molar-refractivity contribution is 7.89. The molecule has 2 aromatic rings. The molecule has 0 radical (unpaired) electrons. The van der Waals surface area contributed by atoms with E-state index < -0.39 is 15.9 Å². The molecule has 0 aliphatic rings. The smallest absolute Gasteiger partial charge is 0.241 e. The topological polar surface area (TPSA) is 84.5 Å². The molecule has 2 aromatic carbocycles. The molecular weight excluding hydrogens is 352 g/mol. The first-order chi connectivity index (χ1) is 12.2. The Morgan fingerprint density at radius 3 is 2.38 bits per heavy atom. The first-order valence-corrected chi connectivity index (χ1v) is 9.65. The fourth-order valence-electron chi connectivity index (χ4n) is 2.59. The number of benzene rings is 2. The van der Waals surface area contributed by atoms with E-state index in [4.69, 9.17) is 4.74 Å². The van der Waals surface area contributed by atoms with Crippen LogP contribution in [-0.2, 0) is 14.8 Å². The number of hydrogen-bond acceptors (Lipinski definition) is 4. The monoisotopic (exact) mass is 376 g/mol. The molecule has 0 heterocycles. The summed E-state index contributed by atoms with van der Waals surface area (Å²) in [6, 6.07) is 8.78. The molecule has 140 valence electrons.